The van der Waals surface area contributed by atoms with Gasteiger partial charge in [-0.2, -0.15) is 0 Å². The summed E-state index contributed by atoms with van der Waals surface area (Å²) in [5, 5.41) is 13.5. The standard InChI is InChI=1S/C25H29N3O5S/c29-24(27-21-4-2-5-22(13-21)28(30)31)20-3-1-6-23(12-20)34(32,33)26-8-7-25-14-17-9-18(15-25)11-19(10-17)16-25/h1-6,12-13,17-19,26H,7-11,14-16H2,(H,27,29). The molecule has 0 aliphatic heterocycles. The van der Waals surface area contributed by atoms with Gasteiger partial charge in [0.15, 0.2) is 0 Å². The minimum atomic E-state index is -3.76. The molecule has 0 unspecified atom stereocenters. The molecule has 4 aliphatic carbocycles. The van der Waals surface area contributed by atoms with Crippen LogP contribution in [0.25, 0.3) is 0 Å². The van der Waals surface area contributed by atoms with Gasteiger partial charge in [0, 0.05) is 29.9 Å². The molecular weight excluding hydrogens is 454 g/mol. The molecule has 0 radical (unpaired) electrons. The van der Waals surface area contributed by atoms with Crippen molar-refractivity contribution >= 4 is 27.3 Å². The molecule has 4 fully saturated rings. The van der Waals surface area contributed by atoms with Gasteiger partial charge in [0.25, 0.3) is 11.6 Å². The molecule has 180 valence electrons. The van der Waals surface area contributed by atoms with E-state index in [1.54, 1.807) is 0 Å². The molecule has 4 bridgehead atoms. The summed E-state index contributed by atoms with van der Waals surface area (Å²) in [6.07, 6.45) is 8.63. The predicted molar refractivity (Wildman–Crippen MR) is 128 cm³/mol. The van der Waals surface area contributed by atoms with Gasteiger partial charge < -0.3 is 5.32 Å². The monoisotopic (exact) mass is 483 g/mol. The molecule has 0 heterocycles. The van der Waals surface area contributed by atoms with Crippen molar-refractivity contribution in [1.29, 1.82) is 0 Å². The smallest absolute Gasteiger partial charge is 0.271 e. The Bertz CT molecular complexity index is 1190. The van der Waals surface area contributed by atoms with Crippen LogP contribution in [0.15, 0.2) is 53.4 Å². The number of non-ortho nitro benzene ring substituents is 1. The van der Waals surface area contributed by atoms with Crippen LogP contribution in [0.2, 0.25) is 0 Å². The minimum absolute atomic E-state index is 0.0321. The number of rotatable bonds is 8. The molecule has 1 amide bonds. The molecule has 0 saturated heterocycles. The predicted octanol–water partition coefficient (Wildman–Crippen LogP) is 4.73. The summed E-state index contributed by atoms with van der Waals surface area (Å²) in [6, 6.07) is 11.4. The highest BCUT2D eigenvalue weighted by atomic mass is 32.2. The van der Waals surface area contributed by atoms with E-state index in [0.29, 0.717) is 6.54 Å². The van der Waals surface area contributed by atoms with Crippen LogP contribution in [0.3, 0.4) is 0 Å². The first-order chi connectivity index (χ1) is 16.2. The van der Waals surface area contributed by atoms with Crippen LogP contribution in [-0.2, 0) is 10.0 Å². The molecule has 2 aromatic carbocycles. The van der Waals surface area contributed by atoms with E-state index in [1.807, 2.05) is 0 Å². The second kappa shape index (κ2) is 8.78. The molecule has 4 aliphatic rings. The summed E-state index contributed by atoms with van der Waals surface area (Å²) in [4.78, 5) is 23.1. The van der Waals surface area contributed by atoms with Crippen molar-refractivity contribution in [3.05, 3.63) is 64.2 Å². The van der Waals surface area contributed by atoms with Crippen molar-refractivity contribution in [3.8, 4) is 0 Å². The molecule has 0 spiro atoms. The lowest BCUT2D eigenvalue weighted by atomic mass is 9.49. The number of hydrogen-bond donors (Lipinski definition) is 2. The highest BCUT2D eigenvalue weighted by molar-refractivity contribution is 7.89. The Morgan fingerprint density at radius 3 is 2.29 bits per heavy atom. The molecule has 4 saturated carbocycles. The molecule has 34 heavy (non-hydrogen) atoms. The van der Waals surface area contributed by atoms with E-state index in [2.05, 4.69) is 10.0 Å². The molecule has 6 rings (SSSR count). The maximum Gasteiger partial charge on any atom is 0.271 e. The fourth-order valence-electron chi connectivity index (χ4n) is 6.84. The second-order valence-electron chi connectivity index (χ2n) is 10.4. The SMILES string of the molecule is O=C(Nc1cccc([N+](=O)[O-])c1)c1cccc(S(=O)(=O)NCCC23CC4CC(CC(C4)C2)C3)c1. The lowest BCUT2D eigenvalue weighted by Crippen LogP contribution is -2.47. The van der Waals surface area contributed by atoms with Crippen LogP contribution in [0.1, 0.15) is 55.3 Å². The second-order valence-corrected chi connectivity index (χ2v) is 12.1. The van der Waals surface area contributed by atoms with E-state index in [9.17, 15) is 23.3 Å². The zero-order valence-corrected chi connectivity index (χ0v) is 19.7. The van der Waals surface area contributed by atoms with Crippen LogP contribution in [0, 0.1) is 33.3 Å². The Hall–Kier alpha value is -2.78. The van der Waals surface area contributed by atoms with Crippen LogP contribution < -0.4 is 10.0 Å². The first-order valence-corrected chi connectivity index (χ1v) is 13.4. The summed E-state index contributed by atoms with van der Waals surface area (Å²) in [6.45, 7) is 0.401. The molecule has 8 nitrogen and oxygen atoms in total. The van der Waals surface area contributed by atoms with Gasteiger partial charge in [-0.25, -0.2) is 13.1 Å². The molecular formula is C25H29N3O5S. The van der Waals surface area contributed by atoms with Gasteiger partial charge in [-0.05, 0) is 92.4 Å². The number of nitrogens with zero attached hydrogens (tertiary/aromatic N) is 1. The summed E-state index contributed by atoms with van der Waals surface area (Å²) in [5.74, 6) is 1.93. The Kier molecular flexibility index (Phi) is 5.93. The zero-order chi connectivity index (χ0) is 23.9. The Morgan fingerprint density at radius 2 is 1.65 bits per heavy atom. The van der Waals surface area contributed by atoms with E-state index in [1.165, 1.54) is 87.1 Å². The number of anilines is 1. The number of nitrogens with one attached hydrogen (secondary N) is 2. The third-order valence-corrected chi connectivity index (χ3v) is 9.29. The zero-order valence-electron chi connectivity index (χ0n) is 18.9. The van der Waals surface area contributed by atoms with Crippen LogP contribution in [-0.4, -0.2) is 25.8 Å². The first-order valence-electron chi connectivity index (χ1n) is 11.9. The summed E-state index contributed by atoms with van der Waals surface area (Å²) in [7, 11) is -3.76. The highest BCUT2D eigenvalue weighted by Gasteiger charge is 2.50. The lowest BCUT2D eigenvalue weighted by Gasteiger charge is -2.57. The largest absolute Gasteiger partial charge is 0.322 e. The summed E-state index contributed by atoms with van der Waals surface area (Å²) in [5.41, 5.74) is 0.575. The maximum atomic E-state index is 13.0. The number of nitro groups is 1. The van der Waals surface area contributed by atoms with Crippen molar-refractivity contribution in [3.63, 3.8) is 0 Å². The van der Waals surface area contributed by atoms with Gasteiger partial charge in [0.2, 0.25) is 10.0 Å². The average Bonchev–Trinajstić information content (AvgIpc) is 2.78. The number of benzene rings is 2. The Balaban J connectivity index is 1.23. The maximum absolute atomic E-state index is 13.0. The summed E-state index contributed by atoms with van der Waals surface area (Å²) >= 11 is 0. The fraction of sp³-hybridized carbons (Fsp3) is 0.480. The topological polar surface area (TPSA) is 118 Å². The lowest BCUT2D eigenvalue weighted by molar-refractivity contribution is -0.384. The minimum Gasteiger partial charge on any atom is -0.322 e. The number of nitro benzene ring substituents is 1. The number of hydrogen-bond acceptors (Lipinski definition) is 5. The normalized spacial score (nSPS) is 27.5. The first kappa shape index (κ1) is 23.0. The number of sulfonamides is 1. The van der Waals surface area contributed by atoms with Gasteiger partial charge in [0.05, 0.1) is 9.82 Å². The van der Waals surface area contributed by atoms with Gasteiger partial charge in [-0.3, -0.25) is 14.9 Å². The number of carbonyl (C=O) groups is 1. The van der Waals surface area contributed by atoms with Crippen molar-refractivity contribution in [2.45, 2.75) is 49.8 Å². The van der Waals surface area contributed by atoms with Crippen molar-refractivity contribution in [1.82, 2.24) is 4.72 Å². The van der Waals surface area contributed by atoms with Crippen molar-refractivity contribution in [2.75, 3.05) is 11.9 Å². The van der Waals surface area contributed by atoms with Crippen molar-refractivity contribution < 1.29 is 18.1 Å². The van der Waals surface area contributed by atoms with Gasteiger partial charge in [-0.15, -0.1) is 0 Å². The molecule has 0 atom stereocenters. The summed E-state index contributed by atoms with van der Waals surface area (Å²) < 4.78 is 28.7. The Labute approximate surface area is 199 Å². The van der Waals surface area contributed by atoms with Crippen LogP contribution in [0.4, 0.5) is 11.4 Å². The molecule has 0 aromatic heterocycles. The van der Waals surface area contributed by atoms with Crippen LogP contribution in [0.5, 0.6) is 0 Å². The molecule has 9 heteroatoms. The third-order valence-electron chi connectivity index (χ3n) is 7.83. The van der Waals surface area contributed by atoms with Gasteiger partial charge in [0.1, 0.15) is 0 Å². The van der Waals surface area contributed by atoms with Gasteiger partial charge >= 0.3 is 0 Å². The molecule has 2 aromatic rings. The van der Waals surface area contributed by atoms with Crippen LogP contribution >= 0.6 is 0 Å². The number of amides is 1. The molecule has 2 N–H and O–H groups in total. The van der Waals surface area contributed by atoms with E-state index in [4.69, 9.17) is 0 Å². The highest BCUT2D eigenvalue weighted by Crippen LogP contribution is 2.61. The van der Waals surface area contributed by atoms with Crippen molar-refractivity contribution in [2.24, 2.45) is 23.2 Å². The van der Waals surface area contributed by atoms with E-state index in [0.717, 1.165) is 24.2 Å². The Morgan fingerprint density at radius 1 is 1.00 bits per heavy atom. The third kappa shape index (κ3) is 4.72. The fourth-order valence-corrected chi connectivity index (χ4v) is 7.91. The number of carbonyl (C=O) groups excluding carboxylic acids is 1. The quantitative estimate of drug-likeness (QED) is 0.416. The average molecular weight is 484 g/mol. The van der Waals surface area contributed by atoms with E-state index < -0.39 is 20.9 Å². The van der Waals surface area contributed by atoms with E-state index >= 15 is 0 Å². The van der Waals surface area contributed by atoms with Gasteiger partial charge in [-0.1, -0.05) is 12.1 Å². The van der Waals surface area contributed by atoms with E-state index in [-0.39, 0.29) is 27.2 Å².